The molecule has 5 heteroatoms. The Bertz CT molecular complexity index is 736. The molecule has 2 aromatic rings. The third-order valence-corrected chi connectivity index (χ3v) is 4.91. The van der Waals surface area contributed by atoms with Crippen molar-refractivity contribution in [1.29, 1.82) is 0 Å². The number of ether oxygens (including phenoxy) is 2. The van der Waals surface area contributed by atoms with Crippen LogP contribution in [-0.2, 0) is 10.2 Å². The van der Waals surface area contributed by atoms with Crippen LogP contribution in [0.3, 0.4) is 0 Å². The molecule has 0 spiro atoms. The highest BCUT2D eigenvalue weighted by molar-refractivity contribution is 5.82. The molecule has 0 unspecified atom stereocenters. The molecule has 1 aromatic carbocycles. The van der Waals surface area contributed by atoms with E-state index in [-0.39, 0.29) is 23.2 Å². The highest BCUT2D eigenvalue weighted by atomic mass is 16.5. The smallest absolute Gasteiger partial charge is 0.223 e. The maximum atomic E-state index is 12.4. The van der Waals surface area contributed by atoms with Crippen LogP contribution in [0.25, 0.3) is 0 Å². The standard InChI is InChI=1S/C20H25NO4/c1-20(2,13-7-8-17(23-3)18(10-13)24-4)12-21-19(22)15-11-14(15)16-6-5-9-25-16/h5-10,14-15H,11-12H2,1-4H3,(H,21,22)/t14-,15+/m1/s1. The van der Waals surface area contributed by atoms with Crippen LogP contribution in [0.15, 0.2) is 41.0 Å². The minimum atomic E-state index is -0.218. The van der Waals surface area contributed by atoms with E-state index in [9.17, 15) is 4.79 Å². The lowest BCUT2D eigenvalue weighted by atomic mass is 9.84. The van der Waals surface area contributed by atoms with Gasteiger partial charge in [-0.25, -0.2) is 0 Å². The Labute approximate surface area is 148 Å². The Morgan fingerprint density at radius 3 is 2.64 bits per heavy atom. The minimum Gasteiger partial charge on any atom is -0.493 e. The highest BCUT2D eigenvalue weighted by Crippen LogP contribution is 2.47. The fraction of sp³-hybridized carbons (Fsp3) is 0.450. The number of hydrogen-bond donors (Lipinski definition) is 1. The average Bonchev–Trinajstić information content (AvgIpc) is 3.24. The first-order valence-electron chi connectivity index (χ1n) is 8.50. The molecule has 0 saturated heterocycles. The first-order chi connectivity index (χ1) is 12.0. The summed E-state index contributed by atoms with van der Waals surface area (Å²) < 4.78 is 16.1. The molecular formula is C20H25NO4. The number of furan rings is 1. The van der Waals surface area contributed by atoms with E-state index in [0.29, 0.717) is 18.0 Å². The molecule has 1 heterocycles. The topological polar surface area (TPSA) is 60.7 Å². The number of benzene rings is 1. The lowest BCUT2D eigenvalue weighted by Gasteiger charge is -2.26. The van der Waals surface area contributed by atoms with Crippen molar-refractivity contribution < 1.29 is 18.7 Å². The predicted octanol–water partition coefficient (Wildman–Crippen LogP) is 3.49. The van der Waals surface area contributed by atoms with E-state index in [2.05, 4.69) is 19.2 Å². The summed E-state index contributed by atoms with van der Waals surface area (Å²) >= 11 is 0. The number of hydrogen-bond acceptors (Lipinski definition) is 4. The molecule has 25 heavy (non-hydrogen) atoms. The number of rotatable bonds is 7. The van der Waals surface area contributed by atoms with Gasteiger partial charge in [0.2, 0.25) is 5.91 Å². The van der Waals surface area contributed by atoms with Crippen molar-refractivity contribution in [2.45, 2.75) is 31.6 Å². The molecule has 1 aliphatic rings. The van der Waals surface area contributed by atoms with Crippen LogP contribution in [0, 0.1) is 5.92 Å². The normalized spacial score (nSPS) is 19.4. The Balaban J connectivity index is 1.61. The van der Waals surface area contributed by atoms with Gasteiger partial charge in [-0.2, -0.15) is 0 Å². The van der Waals surface area contributed by atoms with Crippen molar-refractivity contribution >= 4 is 5.91 Å². The van der Waals surface area contributed by atoms with Gasteiger partial charge in [0.1, 0.15) is 5.76 Å². The Morgan fingerprint density at radius 1 is 1.24 bits per heavy atom. The predicted molar refractivity (Wildman–Crippen MR) is 95.1 cm³/mol. The molecule has 0 radical (unpaired) electrons. The first-order valence-corrected chi connectivity index (χ1v) is 8.50. The van der Waals surface area contributed by atoms with E-state index in [4.69, 9.17) is 13.9 Å². The molecule has 1 saturated carbocycles. The second kappa shape index (κ2) is 6.82. The number of amides is 1. The summed E-state index contributed by atoms with van der Waals surface area (Å²) in [5.74, 6) is 2.63. The summed E-state index contributed by atoms with van der Waals surface area (Å²) in [6.45, 7) is 4.76. The molecule has 1 amide bonds. The van der Waals surface area contributed by atoms with Crippen molar-refractivity contribution in [2.24, 2.45) is 5.92 Å². The zero-order valence-corrected chi connectivity index (χ0v) is 15.2. The van der Waals surface area contributed by atoms with Gasteiger partial charge < -0.3 is 19.2 Å². The van der Waals surface area contributed by atoms with Crippen molar-refractivity contribution in [3.05, 3.63) is 47.9 Å². The monoisotopic (exact) mass is 343 g/mol. The van der Waals surface area contributed by atoms with Crippen molar-refractivity contribution in [3.8, 4) is 11.5 Å². The fourth-order valence-electron chi connectivity index (χ4n) is 3.10. The van der Waals surface area contributed by atoms with Gasteiger partial charge in [-0.3, -0.25) is 4.79 Å². The van der Waals surface area contributed by atoms with Crippen LogP contribution in [0.5, 0.6) is 11.5 Å². The summed E-state index contributed by atoms with van der Waals surface area (Å²) in [4.78, 5) is 12.4. The summed E-state index contributed by atoms with van der Waals surface area (Å²) in [5.41, 5.74) is 0.869. The van der Waals surface area contributed by atoms with Crippen molar-refractivity contribution in [2.75, 3.05) is 20.8 Å². The van der Waals surface area contributed by atoms with Crippen LogP contribution in [0.4, 0.5) is 0 Å². The lowest BCUT2D eigenvalue weighted by molar-refractivity contribution is -0.122. The SMILES string of the molecule is COc1ccc(C(C)(C)CNC(=O)[C@H]2C[C@H]2c2ccco2)cc1OC. The molecule has 1 aromatic heterocycles. The molecule has 3 rings (SSSR count). The molecule has 5 nitrogen and oxygen atoms in total. The van der Waals surface area contributed by atoms with Gasteiger partial charge in [0.25, 0.3) is 0 Å². The van der Waals surface area contributed by atoms with Crippen LogP contribution in [0.1, 0.15) is 37.5 Å². The zero-order valence-electron chi connectivity index (χ0n) is 15.2. The van der Waals surface area contributed by atoms with Gasteiger partial charge in [0, 0.05) is 23.8 Å². The third-order valence-electron chi connectivity index (χ3n) is 4.91. The van der Waals surface area contributed by atoms with Gasteiger partial charge in [-0.15, -0.1) is 0 Å². The van der Waals surface area contributed by atoms with Gasteiger partial charge in [0.05, 0.1) is 20.5 Å². The number of carbonyl (C=O) groups is 1. The highest BCUT2D eigenvalue weighted by Gasteiger charge is 2.46. The van der Waals surface area contributed by atoms with E-state index in [1.54, 1.807) is 20.5 Å². The van der Waals surface area contributed by atoms with Gasteiger partial charge in [0.15, 0.2) is 11.5 Å². The Kier molecular flexibility index (Phi) is 4.75. The second-order valence-electron chi connectivity index (χ2n) is 7.14. The third kappa shape index (κ3) is 3.65. The van der Waals surface area contributed by atoms with Gasteiger partial charge in [-0.05, 0) is 36.2 Å². The molecule has 134 valence electrons. The quantitative estimate of drug-likeness (QED) is 0.836. The fourth-order valence-corrected chi connectivity index (χ4v) is 3.10. The first kappa shape index (κ1) is 17.4. The molecular weight excluding hydrogens is 318 g/mol. The number of methoxy groups -OCH3 is 2. The summed E-state index contributed by atoms with van der Waals surface area (Å²) in [5, 5.41) is 3.09. The number of carbonyl (C=O) groups excluding carboxylic acids is 1. The summed E-state index contributed by atoms with van der Waals surface area (Å²) in [6.07, 6.45) is 2.51. The summed E-state index contributed by atoms with van der Waals surface area (Å²) in [6, 6.07) is 9.67. The minimum absolute atomic E-state index is 0.0207. The van der Waals surface area contributed by atoms with E-state index < -0.39 is 0 Å². The van der Waals surface area contributed by atoms with E-state index in [1.165, 1.54) is 0 Å². The maximum absolute atomic E-state index is 12.4. The maximum Gasteiger partial charge on any atom is 0.223 e. The molecule has 1 N–H and O–H groups in total. The van der Waals surface area contributed by atoms with Gasteiger partial charge in [-0.1, -0.05) is 19.9 Å². The van der Waals surface area contributed by atoms with Crippen molar-refractivity contribution in [1.82, 2.24) is 5.32 Å². The van der Waals surface area contributed by atoms with Crippen LogP contribution >= 0.6 is 0 Å². The number of nitrogens with one attached hydrogen (secondary N) is 1. The Hall–Kier alpha value is -2.43. The van der Waals surface area contributed by atoms with E-state index in [1.807, 2.05) is 30.3 Å². The Morgan fingerprint density at radius 2 is 2.00 bits per heavy atom. The van der Waals surface area contributed by atoms with Crippen LogP contribution in [0.2, 0.25) is 0 Å². The van der Waals surface area contributed by atoms with Crippen LogP contribution in [-0.4, -0.2) is 26.7 Å². The van der Waals surface area contributed by atoms with Crippen LogP contribution < -0.4 is 14.8 Å². The lowest BCUT2D eigenvalue weighted by Crippen LogP contribution is -2.37. The molecule has 0 bridgehead atoms. The van der Waals surface area contributed by atoms with Gasteiger partial charge >= 0.3 is 0 Å². The van der Waals surface area contributed by atoms with Crippen molar-refractivity contribution in [3.63, 3.8) is 0 Å². The summed E-state index contributed by atoms with van der Waals surface area (Å²) in [7, 11) is 3.24. The second-order valence-corrected chi connectivity index (χ2v) is 7.14. The molecule has 2 atom stereocenters. The molecule has 1 fully saturated rings. The van der Waals surface area contributed by atoms with E-state index >= 15 is 0 Å². The zero-order chi connectivity index (χ0) is 18.0. The van der Waals surface area contributed by atoms with E-state index in [0.717, 1.165) is 17.7 Å². The largest absolute Gasteiger partial charge is 0.493 e. The molecule has 0 aliphatic heterocycles. The molecule has 1 aliphatic carbocycles. The average molecular weight is 343 g/mol.